The number of rotatable bonds is 8. The molecule has 0 spiro atoms. The third-order valence-corrected chi connectivity index (χ3v) is 6.02. The van der Waals surface area contributed by atoms with E-state index >= 15 is 0 Å². The second kappa shape index (κ2) is 10.9. The van der Waals surface area contributed by atoms with Crippen molar-refractivity contribution in [2.75, 3.05) is 30.5 Å². The fourth-order valence-corrected chi connectivity index (χ4v) is 3.88. The lowest BCUT2D eigenvalue weighted by atomic mass is 10.1. The van der Waals surface area contributed by atoms with E-state index in [0.717, 1.165) is 11.3 Å². The van der Waals surface area contributed by atoms with Gasteiger partial charge < -0.3 is 24.4 Å². The second-order valence-electron chi connectivity index (χ2n) is 8.64. The molecule has 0 saturated carbocycles. The molecule has 2 amide bonds. The molecule has 1 heterocycles. The minimum atomic E-state index is -0.645. The number of hydrogen-bond acceptors (Lipinski definition) is 6. The molecule has 36 heavy (non-hydrogen) atoms. The van der Waals surface area contributed by atoms with Crippen molar-refractivity contribution < 1.29 is 28.6 Å². The average Bonchev–Trinajstić information content (AvgIpc) is 3.27. The van der Waals surface area contributed by atoms with Crippen molar-refractivity contribution in [1.82, 2.24) is 0 Å². The second-order valence-corrected chi connectivity index (χ2v) is 8.64. The summed E-state index contributed by atoms with van der Waals surface area (Å²) in [6.45, 7) is 3.82. The number of anilines is 2. The number of nitrogens with zero attached hydrogens (tertiary/aromatic N) is 1. The Kier molecular flexibility index (Phi) is 7.53. The van der Waals surface area contributed by atoms with Gasteiger partial charge in [-0.3, -0.25) is 14.4 Å². The first-order valence-corrected chi connectivity index (χ1v) is 11.6. The summed E-state index contributed by atoms with van der Waals surface area (Å²) in [6, 6.07) is 19.9. The van der Waals surface area contributed by atoms with Crippen molar-refractivity contribution in [1.29, 1.82) is 0 Å². The number of carbonyl (C=O) groups excluding carboxylic acids is 3. The van der Waals surface area contributed by atoms with E-state index in [1.165, 1.54) is 12.7 Å². The highest BCUT2D eigenvalue weighted by Gasteiger charge is 2.36. The van der Waals surface area contributed by atoms with Crippen molar-refractivity contribution >= 4 is 29.2 Å². The van der Waals surface area contributed by atoms with Gasteiger partial charge in [-0.25, -0.2) is 0 Å². The zero-order chi connectivity index (χ0) is 25.7. The lowest BCUT2D eigenvalue weighted by Crippen LogP contribution is -2.28. The van der Waals surface area contributed by atoms with Gasteiger partial charge in [0.2, 0.25) is 5.91 Å². The maximum Gasteiger partial charge on any atom is 0.311 e. The van der Waals surface area contributed by atoms with Gasteiger partial charge in [0.1, 0.15) is 17.2 Å². The van der Waals surface area contributed by atoms with Crippen LogP contribution in [0.15, 0.2) is 66.7 Å². The monoisotopic (exact) mass is 488 g/mol. The number of hydrogen-bond donors (Lipinski definition) is 1. The van der Waals surface area contributed by atoms with E-state index in [1.54, 1.807) is 53.4 Å². The van der Waals surface area contributed by atoms with Crippen molar-refractivity contribution in [2.45, 2.75) is 20.3 Å². The summed E-state index contributed by atoms with van der Waals surface area (Å²) in [7, 11) is 1.53. The van der Waals surface area contributed by atoms with Crippen LogP contribution in [0.25, 0.3) is 0 Å². The standard InChI is InChI=1S/C28H28N2O6/c1-18-7-10-25(13-19(18)2)36-23-11-8-22(9-12-23)30-16-20(14-27(30)32)28(33)35-17-26(31)29-21-5-4-6-24(15-21)34-3/h4-13,15,20H,14,16-17H2,1-3H3,(H,29,31)/t20-/m0/s1. The fourth-order valence-electron chi connectivity index (χ4n) is 3.88. The van der Waals surface area contributed by atoms with Gasteiger partial charge in [-0.15, -0.1) is 0 Å². The SMILES string of the molecule is COc1cccc(NC(=O)COC(=O)[C@H]2CC(=O)N(c3ccc(Oc4ccc(C)c(C)c4)cc3)C2)c1. The van der Waals surface area contributed by atoms with E-state index in [1.807, 2.05) is 32.0 Å². The van der Waals surface area contributed by atoms with E-state index in [2.05, 4.69) is 5.32 Å². The molecule has 0 aliphatic carbocycles. The molecule has 1 saturated heterocycles. The van der Waals surface area contributed by atoms with Gasteiger partial charge in [-0.1, -0.05) is 12.1 Å². The summed E-state index contributed by atoms with van der Waals surface area (Å²) < 4.78 is 16.2. The molecule has 1 aliphatic heterocycles. The van der Waals surface area contributed by atoms with E-state index in [4.69, 9.17) is 14.2 Å². The molecule has 1 fully saturated rings. The highest BCUT2D eigenvalue weighted by atomic mass is 16.5. The molecule has 3 aromatic rings. The van der Waals surface area contributed by atoms with Crippen LogP contribution in [-0.4, -0.2) is 38.0 Å². The Hall–Kier alpha value is -4.33. The van der Waals surface area contributed by atoms with Gasteiger partial charge in [0.25, 0.3) is 5.91 Å². The molecule has 4 rings (SSSR count). The van der Waals surface area contributed by atoms with E-state index in [0.29, 0.717) is 22.9 Å². The molecule has 0 aromatic heterocycles. The van der Waals surface area contributed by atoms with Crippen LogP contribution < -0.4 is 19.7 Å². The average molecular weight is 489 g/mol. The Labute approximate surface area is 209 Å². The molecule has 0 bridgehead atoms. The third kappa shape index (κ3) is 6.02. The van der Waals surface area contributed by atoms with Gasteiger partial charge in [0, 0.05) is 30.4 Å². The topological polar surface area (TPSA) is 94.2 Å². The Bertz CT molecular complexity index is 1270. The van der Waals surface area contributed by atoms with Crippen LogP contribution in [0.5, 0.6) is 17.2 Å². The summed E-state index contributed by atoms with van der Waals surface area (Å²) in [5, 5.41) is 2.65. The van der Waals surface area contributed by atoms with Crippen molar-refractivity contribution in [3.63, 3.8) is 0 Å². The lowest BCUT2D eigenvalue weighted by molar-refractivity contribution is -0.151. The van der Waals surface area contributed by atoms with Crippen molar-refractivity contribution in [2.24, 2.45) is 5.92 Å². The van der Waals surface area contributed by atoms with Gasteiger partial charge in [0.15, 0.2) is 6.61 Å². The molecule has 0 unspecified atom stereocenters. The minimum absolute atomic E-state index is 0.0250. The van der Waals surface area contributed by atoms with Crippen LogP contribution in [0, 0.1) is 19.8 Å². The summed E-state index contributed by atoms with van der Waals surface area (Å²) >= 11 is 0. The largest absolute Gasteiger partial charge is 0.497 e. The van der Waals surface area contributed by atoms with Crippen LogP contribution in [0.3, 0.4) is 0 Å². The molecule has 1 aliphatic rings. The van der Waals surface area contributed by atoms with Gasteiger partial charge in [-0.05, 0) is 73.5 Å². The number of aryl methyl sites for hydroxylation is 2. The third-order valence-electron chi connectivity index (χ3n) is 6.02. The Morgan fingerprint density at radius 1 is 0.944 bits per heavy atom. The first-order valence-electron chi connectivity index (χ1n) is 11.6. The van der Waals surface area contributed by atoms with Crippen LogP contribution >= 0.6 is 0 Å². The maximum absolute atomic E-state index is 12.6. The van der Waals surface area contributed by atoms with Crippen LogP contribution in [0.1, 0.15) is 17.5 Å². The van der Waals surface area contributed by atoms with E-state index in [9.17, 15) is 14.4 Å². The number of ether oxygens (including phenoxy) is 3. The highest BCUT2D eigenvalue weighted by Crippen LogP contribution is 2.29. The summed E-state index contributed by atoms with van der Waals surface area (Å²) in [5.74, 6) is 0.0971. The van der Waals surface area contributed by atoms with Crippen LogP contribution in [-0.2, 0) is 19.1 Å². The molecule has 8 nitrogen and oxygen atoms in total. The molecule has 0 radical (unpaired) electrons. The summed E-state index contributed by atoms with van der Waals surface area (Å²) in [5.41, 5.74) is 3.53. The predicted molar refractivity (Wildman–Crippen MR) is 135 cm³/mol. The first-order chi connectivity index (χ1) is 17.3. The smallest absolute Gasteiger partial charge is 0.311 e. The van der Waals surface area contributed by atoms with Crippen molar-refractivity contribution in [3.05, 3.63) is 77.9 Å². The maximum atomic E-state index is 12.6. The zero-order valence-corrected chi connectivity index (χ0v) is 20.4. The molecule has 1 atom stereocenters. The Balaban J connectivity index is 1.29. The number of benzene rings is 3. The van der Waals surface area contributed by atoms with Crippen molar-refractivity contribution in [3.8, 4) is 17.2 Å². The van der Waals surface area contributed by atoms with Gasteiger partial charge in [0.05, 0.1) is 13.0 Å². The van der Waals surface area contributed by atoms with E-state index < -0.39 is 24.4 Å². The number of methoxy groups -OCH3 is 1. The quantitative estimate of drug-likeness (QED) is 0.465. The fraction of sp³-hybridized carbons (Fsp3) is 0.250. The minimum Gasteiger partial charge on any atom is -0.497 e. The number of nitrogens with one attached hydrogen (secondary N) is 1. The first kappa shape index (κ1) is 24.8. The summed E-state index contributed by atoms with van der Waals surface area (Å²) in [6.07, 6.45) is 0.0250. The summed E-state index contributed by atoms with van der Waals surface area (Å²) in [4.78, 5) is 38.8. The Morgan fingerprint density at radius 3 is 2.42 bits per heavy atom. The van der Waals surface area contributed by atoms with Gasteiger partial charge in [-0.2, -0.15) is 0 Å². The Morgan fingerprint density at radius 2 is 1.69 bits per heavy atom. The lowest BCUT2D eigenvalue weighted by Gasteiger charge is -2.17. The predicted octanol–water partition coefficient (Wildman–Crippen LogP) is 4.64. The molecular formula is C28H28N2O6. The van der Waals surface area contributed by atoms with Gasteiger partial charge >= 0.3 is 5.97 Å². The molecule has 186 valence electrons. The number of esters is 1. The highest BCUT2D eigenvalue weighted by molar-refractivity contribution is 6.00. The molecule has 8 heteroatoms. The van der Waals surface area contributed by atoms with Crippen LogP contribution in [0.4, 0.5) is 11.4 Å². The number of carbonyl (C=O) groups is 3. The molecular weight excluding hydrogens is 460 g/mol. The number of amides is 2. The van der Waals surface area contributed by atoms with Crippen LogP contribution in [0.2, 0.25) is 0 Å². The molecule has 1 N–H and O–H groups in total. The van der Waals surface area contributed by atoms with E-state index in [-0.39, 0.29) is 18.9 Å². The molecule has 3 aromatic carbocycles. The normalized spacial score (nSPS) is 14.9. The zero-order valence-electron chi connectivity index (χ0n) is 20.4.